The number of carbonyl (C=O) groups is 1. The number of carbonyl (C=O) groups excluding carboxylic acids is 1. The third-order valence-electron chi connectivity index (χ3n) is 2.48. The highest BCUT2D eigenvalue weighted by Gasteiger charge is 2.13. The Hall–Kier alpha value is -1.64. The van der Waals surface area contributed by atoms with Crippen LogP contribution in [0.5, 0.6) is 5.88 Å². The topological polar surface area (TPSA) is 39.2 Å². The first-order valence-corrected chi connectivity index (χ1v) is 5.06. The van der Waals surface area contributed by atoms with Gasteiger partial charge in [0.2, 0.25) is 11.7 Å². The number of ether oxygens (including phenoxy) is 1. The summed E-state index contributed by atoms with van der Waals surface area (Å²) in [7, 11) is 1.55. The van der Waals surface area contributed by atoms with Gasteiger partial charge < -0.3 is 4.74 Å². The van der Waals surface area contributed by atoms with E-state index in [1.54, 1.807) is 19.3 Å². The minimum absolute atomic E-state index is 0.0244. The van der Waals surface area contributed by atoms with Gasteiger partial charge in [-0.3, -0.25) is 4.79 Å². The van der Waals surface area contributed by atoms with Crippen LogP contribution in [-0.4, -0.2) is 17.9 Å². The molecule has 3 heteroatoms. The molecule has 1 aliphatic rings. The number of nitrogens with zero attached hydrogens (tertiary/aromatic N) is 1. The largest absolute Gasteiger partial charge is 0.481 e. The molecule has 0 aliphatic heterocycles. The van der Waals surface area contributed by atoms with Gasteiger partial charge >= 0.3 is 0 Å². The Morgan fingerprint density at radius 1 is 1.40 bits per heavy atom. The predicted octanol–water partition coefficient (Wildman–Crippen LogP) is 2.17. The van der Waals surface area contributed by atoms with Crippen molar-refractivity contribution in [3.63, 3.8) is 0 Å². The number of fused-ring (bicyclic) bond motifs is 1. The summed E-state index contributed by atoms with van der Waals surface area (Å²) in [6, 6.07) is 3.73. The van der Waals surface area contributed by atoms with Gasteiger partial charge in [-0.1, -0.05) is 12.1 Å². The minimum Gasteiger partial charge on any atom is -0.481 e. The fraction of sp³-hybridized carbons (Fsp3) is 0.333. The van der Waals surface area contributed by atoms with Crippen molar-refractivity contribution < 1.29 is 9.53 Å². The lowest BCUT2D eigenvalue weighted by molar-refractivity contribution is 0.104. The van der Waals surface area contributed by atoms with Gasteiger partial charge in [0.05, 0.1) is 7.11 Å². The molecule has 0 saturated carbocycles. The van der Waals surface area contributed by atoms with Crippen LogP contribution < -0.4 is 4.74 Å². The zero-order chi connectivity index (χ0) is 10.7. The van der Waals surface area contributed by atoms with Crippen LogP contribution in [-0.2, 0) is 6.42 Å². The first-order chi connectivity index (χ1) is 7.31. The number of aromatic nitrogens is 1. The number of hydrogen-bond acceptors (Lipinski definition) is 3. The first-order valence-electron chi connectivity index (χ1n) is 5.06. The summed E-state index contributed by atoms with van der Waals surface area (Å²) in [5, 5.41) is 0. The van der Waals surface area contributed by atoms with Crippen LogP contribution in [0.2, 0.25) is 0 Å². The lowest BCUT2D eigenvalue weighted by Gasteiger charge is -2.09. The molecule has 0 unspecified atom stereocenters. The monoisotopic (exact) mass is 203 g/mol. The van der Waals surface area contributed by atoms with Crippen molar-refractivity contribution >= 4 is 5.78 Å². The molecule has 0 spiro atoms. The summed E-state index contributed by atoms with van der Waals surface area (Å²) in [6.45, 7) is 0. The van der Waals surface area contributed by atoms with Crippen molar-refractivity contribution in [1.29, 1.82) is 0 Å². The number of pyridine rings is 1. The summed E-state index contributed by atoms with van der Waals surface area (Å²) >= 11 is 0. The molecule has 78 valence electrons. The maximum atomic E-state index is 11.7. The molecule has 2 rings (SSSR count). The SMILES string of the molecule is COc1ccc2c(n1)C(=O)C=CCCC2. The molecule has 1 aliphatic carbocycles. The number of aryl methyl sites for hydroxylation is 1. The van der Waals surface area contributed by atoms with E-state index in [4.69, 9.17) is 4.74 Å². The summed E-state index contributed by atoms with van der Waals surface area (Å²) in [5.41, 5.74) is 1.55. The van der Waals surface area contributed by atoms with Gasteiger partial charge in [0, 0.05) is 6.07 Å². The van der Waals surface area contributed by atoms with E-state index in [9.17, 15) is 4.79 Å². The zero-order valence-electron chi connectivity index (χ0n) is 8.69. The molecule has 0 amide bonds. The maximum Gasteiger partial charge on any atom is 0.213 e. The van der Waals surface area contributed by atoms with Gasteiger partial charge in [-0.2, -0.15) is 0 Å². The molecule has 15 heavy (non-hydrogen) atoms. The third-order valence-corrected chi connectivity index (χ3v) is 2.48. The van der Waals surface area contributed by atoms with Gasteiger partial charge in [0.1, 0.15) is 5.69 Å². The smallest absolute Gasteiger partial charge is 0.213 e. The van der Waals surface area contributed by atoms with Crippen LogP contribution in [0.25, 0.3) is 0 Å². The molecule has 1 aromatic heterocycles. The Morgan fingerprint density at radius 2 is 2.27 bits per heavy atom. The van der Waals surface area contributed by atoms with Crippen LogP contribution in [0.3, 0.4) is 0 Å². The van der Waals surface area contributed by atoms with E-state index in [1.165, 1.54) is 0 Å². The van der Waals surface area contributed by atoms with Crippen molar-refractivity contribution in [3.05, 3.63) is 35.5 Å². The highest BCUT2D eigenvalue weighted by Crippen LogP contribution is 2.18. The van der Waals surface area contributed by atoms with Gasteiger partial charge in [-0.15, -0.1) is 0 Å². The zero-order valence-corrected chi connectivity index (χ0v) is 8.69. The van der Waals surface area contributed by atoms with Gasteiger partial charge in [-0.25, -0.2) is 4.98 Å². The molecule has 0 saturated heterocycles. The van der Waals surface area contributed by atoms with Crippen molar-refractivity contribution in [2.75, 3.05) is 7.11 Å². The summed E-state index contributed by atoms with van der Waals surface area (Å²) in [6.07, 6.45) is 6.43. The highest BCUT2D eigenvalue weighted by atomic mass is 16.5. The summed E-state index contributed by atoms with van der Waals surface area (Å²) in [4.78, 5) is 15.9. The first kappa shape index (κ1) is 9.90. The molecule has 0 N–H and O–H groups in total. The second kappa shape index (κ2) is 4.26. The lowest BCUT2D eigenvalue weighted by Crippen LogP contribution is -2.07. The highest BCUT2D eigenvalue weighted by molar-refractivity contribution is 6.04. The fourth-order valence-corrected chi connectivity index (χ4v) is 1.68. The van der Waals surface area contributed by atoms with E-state index in [2.05, 4.69) is 4.98 Å². The van der Waals surface area contributed by atoms with Crippen LogP contribution in [0.15, 0.2) is 24.3 Å². The maximum absolute atomic E-state index is 11.7. The Labute approximate surface area is 88.8 Å². The van der Waals surface area contributed by atoms with Crippen LogP contribution in [0.4, 0.5) is 0 Å². The van der Waals surface area contributed by atoms with Crippen LogP contribution in [0.1, 0.15) is 28.9 Å². The second-order valence-electron chi connectivity index (χ2n) is 3.52. The van der Waals surface area contributed by atoms with E-state index >= 15 is 0 Å². The molecule has 1 aromatic rings. The second-order valence-corrected chi connectivity index (χ2v) is 3.52. The molecule has 1 heterocycles. The number of ketones is 1. The van der Waals surface area contributed by atoms with E-state index in [0.29, 0.717) is 11.6 Å². The van der Waals surface area contributed by atoms with Gasteiger partial charge in [-0.05, 0) is 30.9 Å². The normalized spacial score (nSPS) is 15.4. The Bertz CT molecular complexity index is 410. The van der Waals surface area contributed by atoms with E-state index in [1.807, 2.05) is 12.1 Å². The molecular weight excluding hydrogens is 190 g/mol. The molecule has 3 nitrogen and oxygen atoms in total. The number of allylic oxidation sites excluding steroid dienone is 2. The minimum atomic E-state index is -0.0244. The third kappa shape index (κ3) is 2.06. The lowest BCUT2D eigenvalue weighted by atomic mass is 10.0. The van der Waals surface area contributed by atoms with Crippen molar-refractivity contribution in [2.24, 2.45) is 0 Å². The predicted molar refractivity (Wildman–Crippen MR) is 57.2 cm³/mol. The Balaban J connectivity index is 2.46. The van der Waals surface area contributed by atoms with Crippen LogP contribution in [0, 0.1) is 0 Å². The van der Waals surface area contributed by atoms with Crippen molar-refractivity contribution in [3.8, 4) is 5.88 Å². The van der Waals surface area contributed by atoms with Gasteiger partial charge in [0.25, 0.3) is 0 Å². The fourth-order valence-electron chi connectivity index (χ4n) is 1.68. The molecular formula is C12H13NO2. The van der Waals surface area contributed by atoms with E-state index < -0.39 is 0 Å². The number of methoxy groups -OCH3 is 1. The average molecular weight is 203 g/mol. The van der Waals surface area contributed by atoms with Crippen molar-refractivity contribution in [2.45, 2.75) is 19.3 Å². The number of rotatable bonds is 1. The van der Waals surface area contributed by atoms with Crippen molar-refractivity contribution in [1.82, 2.24) is 4.98 Å². The number of hydrogen-bond donors (Lipinski definition) is 0. The van der Waals surface area contributed by atoms with E-state index in [0.717, 1.165) is 24.8 Å². The summed E-state index contributed by atoms with van der Waals surface area (Å²) < 4.78 is 5.01. The van der Waals surface area contributed by atoms with Gasteiger partial charge in [0.15, 0.2) is 0 Å². The molecule has 0 aromatic carbocycles. The van der Waals surface area contributed by atoms with Crippen LogP contribution >= 0.6 is 0 Å². The quantitative estimate of drug-likeness (QED) is 0.702. The molecule has 0 fully saturated rings. The molecule has 0 radical (unpaired) electrons. The molecule has 0 atom stereocenters. The Morgan fingerprint density at radius 3 is 3.07 bits per heavy atom. The van der Waals surface area contributed by atoms with E-state index in [-0.39, 0.29) is 5.78 Å². The Kier molecular flexibility index (Phi) is 2.81. The summed E-state index contributed by atoms with van der Waals surface area (Å²) in [5.74, 6) is 0.472. The molecule has 0 bridgehead atoms. The average Bonchev–Trinajstić information content (AvgIpc) is 2.26. The standard InChI is InChI=1S/C12H13NO2/c1-15-11-8-7-9-5-3-2-4-6-10(14)12(9)13-11/h4,6-8H,2-3,5H2,1H3.